The Kier molecular flexibility index (Phi) is 4.30. The zero-order chi connectivity index (χ0) is 14.9. The fraction of sp³-hybridized carbons (Fsp3) is 0.600. The molecule has 0 spiro atoms. The van der Waals surface area contributed by atoms with Crippen molar-refractivity contribution >= 4 is 11.3 Å². The summed E-state index contributed by atoms with van der Waals surface area (Å²) in [6.45, 7) is 14.4. The Morgan fingerprint density at radius 3 is 2.50 bits per heavy atom. The minimum absolute atomic E-state index is 0.108. The van der Waals surface area contributed by atoms with Gasteiger partial charge >= 0.3 is 0 Å². The minimum Gasteiger partial charge on any atom is -0.324 e. The Morgan fingerprint density at radius 1 is 1.25 bits per heavy atom. The van der Waals surface area contributed by atoms with E-state index >= 15 is 0 Å². The second kappa shape index (κ2) is 5.66. The Labute approximate surface area is 125 Å². The number of nitrogens with one attached hydrogen (secondary N) is 1. The van der Waals surface area contributed by atoms with Gasteiger partial charge in [-0.05, 0) is 41.5 Å². The number of hydrogen-bond donors (Lipinski definition) is 1. The van der Waals surface area contributed by atoms with E-state index in [1.807, 2.05) is 13.1 Å². The van der Waals surface area contributed by atoms with Crippen LogP contribution in [0.1, 0.15) is 47.9 Å². The van der Waals surface area contributed by atoms with Crippen molar-refractivity contribution in [2.24, 2.45) is 0 Å². The van der Waals surface area contributed by atoms with Crippen LogP contribution < -0.4 is 5.32 Å². The van der Waals surface area contributed by atoms with Gasteiger partial charge in [0.1, 0.15) is 10.8 Å². The van der Waals surface area contributed by atoms with Crippen molar-refractivity contribution in [2.45, 2.75) is 60.2 Å². The van der Waals surface area contributed by atoms with Crippen molar-refractivity contribution in [3.63, 3.8) is 0 Å². The minimum atomic E-state index is 0.108. The summed E-state index contributed by atoms with van der Waals surface area (Å²) in [5.74, 6) is 1.04. The summed E-state index contributed by atoms with van der Waals surface area (Å²) >= 11 is 1.77. The van der Waals surface area contributed by atoms with E-state index in [2.05, 4.69) is 54.5 Å². The van der Waals surface area contributed by atoms with E-state index in [4.69, 9.17) is 0 Å². The molecule has 0 atom stereocenters. The van der Waals surface area contributed by atoms with Crippen molar-refractivity contribution in [3.8, 4) is 0 Å². The Hall–Kier alpha value is -1.20. The van der Waals surface area contributed by atoms with Gasteiger partial charge in [-0.2, -0.15) is 0 Å². The molecule has 0 aliphatic carbocycles. The normalized spacial score (nSPS) is 12.1. The third-order valence-electron chi connectivity index (χ3n) is 3.30. The van der Waals surface area contributed by atoms with Crippen LogP contribution in [0.2, 0.25) is 0 Å². The van der Waals surface area contributed by atoms with E-state index < -0.39 is 0 Å². The van der Waals surface area contributed by atoms with Crippen LogP contribution in [0.5, 0.6) is 0 Å². The molecule has 2 heterocycles. The molecule has 0 bridgehead atoms. The molecular weight excluding hydrogens is 268 g/mol. The first kappa shape index (κ1) is 15.2. The highest BCUT2D eigenvalue weighted by atomic mass is 32.1. The van der Waals surface area contributed by atoms with Gasteiger partial charge in [0.05, 0.1) is 17.9 Å². The molecular formula is C15H24N4S. The van der Waals surface area contributed by atoms with E-state index in [1.54, 1.807) is 11.3 Å². The van der Waals surface area contributed by atoms with Gasteiger partial charge in [-0.15, -0.1) is 11.3 Å². The predicted molar refractivity (Wildman–Crippen MR) is 84.2 cm³/mol. The van der Waals surface area contributed by atoms with Crippen LogP contribution in [-0.2, 0) is 13.1 Å². The highest BCUT2D eigenvalue weighted by molar-refractivity contribution is 7.11. The molecule has 0 fully saturated rings. The molecule has 2 aromatic heterocycles. The third kappa shape index (κ3) is 3.67. The first-order chi connectivity index (χ1) is 9.26. The van der Waals surface area contributed by atoms with Gasteiger partial charge in [-0.3, -0.25) is 0 Å². The van der Waals surface area contributed by atoms with Crippen molar-refractivity contribution in [3.05, 3.63) is 33.3 Å². The van der Waals surface area contributed by atoms with Crippen LogP contribution in [0.15, 0.2) is 6.20 Å². The zero-order valence-corrected chi connectivity index (χ0v) is 14.1. The van der Waals surface area contributed by atoms with Gasteiger partial charge in [0.15, 0.2) is 0 Å². The fourth-order valence-electron chi connectivity index (χ4n) is 1.97. The molecule has 4 nitrogen and oxygen atoms in total. The van der Waals surface area contributed by atoms with Crippen LogP contribution in [0.4, 0.5) is 0 Å². The van der Waals surface area contributed by atoms with E-state index in [-0.39, 0.29) is 5.54 Å². The van der Waals surface area contributed by atoms with Gasteiger partial charge in [0.2, 0.25) is 0 Å². The fourth-order valence-corrected chi connectivity index (χ4v) is 2.89. The van der Waals surface area contributed by atoms with Crippen LogP contribution in [0.25, 0.3) is 0 Å². The Balaban J connectivity index is 2.16. The van der Waals surface area contributed by atoms with Gasteiger partial charge in [-0.1, -0.05) is 0 Å². The zero-order valence-electron chi connectivity index (χ0n) is 13.2. The molecule has 2 rings (SSSR count). The number of imidazole rings is 1. The standard InChI is InChI=1S/C15H24N4S/c1-10-11(2)20-14(18-10)9-19-12(3)16-7-13(19)8-17-15(4,5)6/h7,17H,8-9H2,1-6H3. The molecule has 2 aromatic rings. The predicted octanol–water partition coefficient (Wildman–Crippen LogP) is 3.20. The molecule has 110 valence electrons. The molecule has 5 heteroatoms. The lowest BCUT2D eigenvalue weighted by molar-refractivity contribution is 0.416. The number of aryl methyl sites for hydroxylation is 3. The molecule has 0 amide bonds. The second-order valence-corrected chi connectivity index (χ2v) is 7.52. The molecule has 1 N–H and O–H groups in total. The lowest BCUT2D eigenvalue weighted by Crippen LogP contribution is -2.35. The first-order valence-corrected chi connectivity index (χ1v) is 7.77. The van der Waals surface area contributed by atoms with Crippen molar-refractivity contribution in [1.29, 1.82) is 0 Å². The molecule has 0 aromatic carbocycles. The largest absolute Gasteiger partial charge is 0.324 e. The average Bonchev–Trinajstić information content (AvgIpc) is 2.82. The Morgan fingerprint density at radius 2 is 1.95 bits per heavy atom. The third-order valence-corrected chi connectivity index (χ3v) is 4.36. The maximum absolute atomic E-state index is 4.63. The summed E-state index contributed by atoms with van der Waals surface area (Å²) in [5.41, 5.74) is 2.46. The second-order valence-electron chi connectivity index (χ2n) is 6.24. The summed E-state index contributed by atoms with van der Waals surface area (Å²) in [4.78, 5) is 10.4. The molecule has 20 heavy (non-hydrogen) atoms. The van der Waals surface area contributed by atoms with Crippen molar-refractivity contribution < 1.29 is 0 Å². The van der Waals surface area contributed by atoms with Crippen LogP contribution in [0, 0.1) is 20.8 Å². The van der Waals surface area contributed by atoms with Gasteiger partial charge in [-0.25, -0.2) is 9.97 Å². The van der Waals surface area contributed by atoms with Crippen molar-refractivity contribution in [1.82, 2.24) is 19.9 Å². The lowest BCUT2D eigenvalue weighted by atomic mass is 10.1. The van der Waals surface area contributed by atoms with Crippen LogP contribution in [0.3, 0.4) is 0 Å². The smallest absolute Gasteiger partial charge is 0.113 e. The SMILES string of the molecule is Cc1nc(Cn2c(CNC(C)(C)C)cnc2C)sc1C. The van der Waals surface area contributed by atoms with Gasteiger partial charge < -0.3 is 9.88 Å². The monoisotopic (exact) mass is 292 g/mol. The number of aromatic nitrogens is 3. The Bertz CT molecular complexity index is 570. The highest BCUT2D eigenvalue weighted by Crippen LogP contribution is 2.19. The van der Waals surface area contributed by atoms with E-state index in [0.717, 1.165) is 29.6 Å². The van der Waals surface area contributed by atoms with Crippen molar-refractivity contribution in [2.75, 3.05) is 0 Å². The van der Waals surface area contributed by atoms with E-state index in [0.29, 0.717) is 0 Å². The number of nitrogens with zero attached hydrogens (tertiary/aromatic N) is 3. The number of rotatable bonds is 4. The first-order valence-electron chi connectivity index (χ1n) is 6.95. The number of hydrogen-bond acceptors (Lipinski definition) is 4. The molecule has 0 saturated heterocycles. The van der Waals surface area contributed by atoms with Gasteiger partial charge in [0, 0.05) is 23.2 Å². The molecule has 0 saturated carbocycles. The number of thiazole rings is 1. The summed E-state index contributed by atoms with van der Waals surface area (Å²) < 4.78 is 2.25. The average molecular weight is 292 g/mol. The van der Waals surface area contributed by atoms with Crippen LogP contribution in [-0.4, -0.2) is 20.1 Å². The summed E-state index contributed by atoms with van der Waals surface area (Å²) in [6.07, 6.45) is 1.96. The quantitative estimate of drug-likeness (QED) is 0.941. The summed E-state index contributed by atoms with van der Waals surface area (Å²) in [5, 5.41) is 4.67. The van der Waals surface area contributed by atoms with E-state index in [9.17, 15) is 0 Å². The maximum Gasteiger partial charge on any atom is 0.113 e. The topological polar surface area (TPSA) is 42.7 Å². The van der Waals surface area contributed by atoms with E-state index in [1.165, 1.54) is 10.6 Å². The summed E-state index contributed by atoms with van der Waals surface area (Å²) in [7, 11) is 0. The maximum atomic E-state index is 4.63. The lowest BCUT2D eigenvalue weighted by Gasteiger charge is -2.21. The van der Waals surface area contributed by atoms with Gasteiger partial charge in [0.25, 0.3) is 0 Å². The molecule has 0 unspecified atom stereocenters. The summed E-state index contributed by atoms with van der Waals surface area (Å²) in [6, 6.07) is 0. The molecule has 0 aliphatic rings. The highest BCUT2D eigenvalue weighted by Gasteiger charge is 2.13. The molecule has 0 aliphatic heterocycles. The van der Waals surface area contributed by atoms with Crippen LogP contribution >= 0.6 is 11.3 Å². The molecule has 0 radical (unpaired) electrons.